The maximum Gasteiger partial charge on any atom is 0.211 e. The van der Waals surface area contributed by atoms with Gasteiger partial charge in [-0.3, -0.25) is 9.59 Å². The summed E-state index contributed by atoms with van der Waals surface area (Å²) >= 11 is 6.46. The Hall–Kier alpha value is -0.680. The van der Waals surface area contributed by atoms with Gasteiger partial charge in [0.1, 0.15) is 0 Å². The molecule has 0 unspecified atom stereocenters. The van der Waals surface area contributed by atoms with Gasteiger partial charge < -0.3 is 5.32 Å². The second-order valence-electron chi connectivity index (χ2n) is 2.23. The average molecular weight is 307 g/mol. The smallest absolute Gasteiger partial charge is 0.211 e. The first-order chi connectivity index (χ1) is 6.19. The van der Waals surface area contributed by atoms with Crippen molar-refractivity contribution in [3.8, 4) is 0 Å². The summed E-state index contributed by atoms with van der Waals surface area (Å²) in [5.41, 5.74) is 0.904. The highest BCUT2D eigenvalue weighted by Crippen LogP contribution is 2.29. The lowest BCUT2D eigenvalue weighted by Crippen LogP contribution is -1.99. The van der Waals surface area contributed by atoms with Crippen LogP contribution in [0.4, 0.5) is 5.69 Å². The highest BCUT2D eigenvalue weighted by atomic mass is 79.9. The van der Waals surface area contributed by atoms with Crippen molar-refractivity contribution in [1.82, 2.24) is 0 Å². The number of nitrogens with one attached hydrogen (secondary N) is 1. The zero-order valence-electron chi connectivity index (χ0n) is 6.38. The van der Waals surface area contributed by atoms with Crippen LogP contribution < -0.4 is 5.32 Å². The van der Waals surface area contributed by atoms with Crippen molar-refractivity contribution < 1.29 is 9.59 Å². The maximum absolute atomic E-state index is 10.6. The Morgan fingerprint density at radius 2 is 1.92 bits per heavy atom. The summed E-state index contributed by atoms with van der Waals surface area (Å²) in [6, 6.07) is 3.38. The Bertz CT molecular complexity index is 352. The summed E-state index contributed by atoms with van der Waals surface area (Å²) in [4.78, 5) is 20.8. The third-order valence-corrected chi connectivity index (χ3v) is 2.50. The molecule has 0 saturated heterocycles. The summed E-state index contributed by atoms with van der Waals surface area (Å²) in [6.07, 6.45) is 1.21. The molecule has 1 aromatic rings. The van der Waals surface area contributed by atoms with Gasteiger partial charge in [-0.1, -0.05) is 15.9 Å². The third kappa shape index (κ3) is 2.38. The summed E-state index contributed by atoms with van der Waals surface area (Å²) in [5.74, 6) is 0. The predicted molar refractivity (Wildman–Crippen MR) is 56.9 cm³/mol. The monoisotopic (exact) mass is 305 g/mol. The first-order valence-corrected chi connectivity index (χ1v) is 4.92. The van der Waals surface area contributed by atoms with E-state index in [0.29, 0.717) is 28.4 Å². The second-order valence-corrected chi connectivity index (χ2v) is 4.00. The number of anilines is 1. The van der Waals surface area contributed by atoms with Crippen molar-refractivity contribution in [2.24, 2.45) is 0 Å². The zero-order valence-corrected chi connectivity index (χ0v) is 9.55. The molecule has 1 aromatic carbocycles. The van der Waals surface area contributed by atoms with Gasteiger partial charge in [0.05, 0.1) is 5.69 Å². The number of halogens is 2. The molecule has 13 heavy (non-hydrogen) atoms. The van der Waals surface area contributed by atoms with Gasteiger partial charge in [0, 0.05) is 14.5 Å². The number of benzene rings is 1. The Balaban J connectivity index is 3.28. The fraction of sp³-hybridized carbons (Fsp3) is 0. The number of amides is 1. The van der Waals surface area contributed by atoms with E-state index in [4.69, 9.17) is 0 Å². The van der Waals surface area contributed by atoms with Crippen LogP contribution in [0.2, 0.25) is 0 Å². The molecule has 0 aromatic heterocycles. The van der Waals surface area contributed by atoms with Gasteiger partial charge in [-0.15, -0.1) is 0 Å². The van der Waals surface area contributed by atoms with E-state index in [1.165, 1.54) is 0 Å². The number of carbonyl (C=O) groups is 2. The zero-order chi connectivity index (χ0) is 9.84. The first kappa shape index (κ1) is 10.4. The molecule has 0 radical (unpaired) electrons. The van der Waals surface area contributed by atoms with Crippen molar-refractivity contribution in [3.63, 3.8) is 0 Å². The molecule has 0 saturated carbocycles. The van der Waals surface area contributed by atoms with E-state index in [0.717, 1.165) is 4.47 Å². The molecule has 0 aliphatic heterocycles. The minimum absolute atomic E-state index is 0.424. The average Bonchev–Trinajstić information content (AvgIpc) is 2.09. The predicted octanol–water partition coefficient (Wildman–Crippen LogP) is 2.59. The van der Waals surface area contributed by atoms with Gasteiger partial charge in [-0.25, -0.2) is 0 Å². The molecule has 5 heteroatoms. The number of carbonyl (C=O) groups excluding carboxylic acids is 2. The normalized spacial score (nSPS) is 9.38. The summed E-state index contributed by atoms with van der Waals surface area (Å²) in [5, 5.41) is 2.44. The van der Waals surface area contributed by atoms with E-state index in [1.807, 2.05) is 0 Å². The highest BCUT2D eigenvalue weighted by Gasteiger charge is 2.06. The molecule has 0 aliphatic carbocycles. The molecule has 0 aliphatic rings. The third-order valence-electron chi connectivity index (χ3n) is 1.42. The first-order valence-electron chi connectivity index (χ1n) is 3.33. The maximum atomic E-state index is 10.6. The van der Waals surface area contributed by atoms with Crippen LogP contribution in [0.25, 0.3) is 0 Å². The molecular formula is C8H5Br2NO2. The van der Waals surface area contributed by atoms with Crippen molar-refractivity contribution in [1.29, 1.82) is 0 Å². The highest BCUT2D eigenvalue weighted by molar-refractivity contribution is 9.11. The lowest BCUT2D eigenvalue weighted by atomic mass is 10.2. The molecule has 1 amide bonds. The molecule has 1 N–H and O–H groups in total. The van der Waals surface area contributed by atoms with Crippen LogP contribution in [-0.4, -0.2) is 12.7 Å². The minimum Gasteiger partial charge on any atom is -0.327 e. The van der Waals surface area contributed by atoms with Gasteiger partial charge >= 0.3 is 0 Å². The van der Waals surface area contributed by atoms with Gasteiger partial charge in [0.15, 0.2) is 6.29 Å². The SMILES string of the molecule is O=CNc1c(Br)cc(Br)cc1C=O. The van der Waals surface area contributed by atoms with E-state index in [1.54, 1.807) is 12.1 Å². The van der Waals surface area contributed by atoms with Crippen molar-refractivity contribution in [2.45, 2.75) is 0 Å². The van der Waals surface area contributed by atoms with Gasteiger partial charge in [-0.05, 0) is 28.1 Å². The van der Waals surface area contributed by atoms with Crippen LogP contribution >= 0.6 is 31.9 Å². The van der Waals surface area contributed by atoms with E-state index < -0.39 is 0 Å². The van der Waals surface area contributed by atoms with Gasteiger partial charge in [-0.2, -0.15) is 0 Å². The van der Waals surface area contributed by atoms with E-state index in [2.05, 4.69) is 37.2 Å². The van der Waals surface area contributed by atoms with E-state index in [9.17, 15) is 9.59 Å². The molecule has 0 bridgehead atoms. The Morgan fingerprint density at radius 3 is 2.46 bits per heavy atom. The van der Waals surface area contributed by atoms with Crippen molar-refractivity contribution in [2.75, 3.05) is 5.32 Å². The van der Waals surface area contributed by atoms with Crippen LogP contribution in [0, 0.1) is 0 Å². The van der Waals surface area contributed by atoms with Crippen LogP contribution in [0.1, 0.15) is 10.4 Å². The molecular weight excluding hydrogens is 302 g/mol. The summed E-state index contributed by atoms with van der Waals surface area (Å²) in [6.45, 7) is 0. The van der Waals surface area contributed by atoms with Crippen molar-refractivity contribution >= 4 is 50.2 Å². The lowest BCUT2D eigenvalue weighted by Gasteiger charge is -2.05. The van der Waals surface area contributed by atoms with E-state index in [-0.39, 0.29) is 0 Å². The Kier molecular flexibility index (Phi) is 3.62. The fourth-order valence-electron chi connectivity index (χ4n) is 0.898. The molecule has 0 spiro atoms. The summed E-state index contributed by atoms with van der Waals surface area (Å²) < 4.78 is 1.44. The fourth-order valence-corrected chi connectivity index (χ4v) is 2.27. The van der Waals surface area contributed by atoms with E-state index >= 15 is 0 Å². The quantitative estimate of drug-likeness (QED) is 0.873. The molecule has 0 atom stereocenters. The molecule has 1 rings (SSSR count). The number of hydrogen-bond acceptors (Lipinski definition) is 2. The molecule has 0 fully saturated rings. The van der Waals surface area contributed by atoms with Crippen LogP contribution in [0.5, 0.6) is 0 Å². The second kappa shape index (κ2) is 4.53. The number of rotatable bonds is 3. The number of hydrogen-bond donors (Lipinski definition) is 1. The van der Waals surface area contributed by atoms with Crippen LogP contribution in [-0.2, 0) is 4.79 Å². The number of aldehydes is 1. The molecule has 3 nitrogen and oxygen atoms in total. The van der Waals surface area contributed by atoms with Crippen LogP contribution in [0.3, 0.4) is 0 Å². The van der Waals surface area contributed by atoms with Gasteiger partial charge in [0.25, 0.3) is 0 Å². The van der Waals surface area contributed by atoms with Gasteiger partial charge in [0.2, 0.25) is 6.41 Å². The Labute approximate surface area is 91.8 Å². The van der Waals surface area contributed by atoms with Crippen molar-refractivity contribution in [3.05, 3.63) is 26.6 Å². The van der Waals surface area contributed by atoms with Crippen LogP contribution in [0.15, 0.2) is 21.1 Å². The topological polar surface area (TPSA) is 46.2 Å². The minimum atomic E-state index is 0.424. The molecule has 68 valence electrons. The standard InChI is InChI=1S/C8H5Br2NO2/c9-6-1-5(3-12)8(11-4-13)7(10)2-6/h1-4H,(H,11,13). The molecule has 0 heterocycles. The lowest BCUT2D eigenvalue weighted by molar-refractivity contribution is -0.105. The summed E-state index contributed by atoms with van der Waals surface area (Å²) in [7, 11) is 0. The largest absolute Gasteiger partial charge is 0.327 e. The Morgan fingerprint density at radius 1 is 1.23 bits per heavy atom.